The molecule has 4 rings (SSSR count). The van der Waals surface area contributed by atoms with Crippen molar-refractivity contribution in [2.75, 3.05) is 7.11 Å². The first-order valence-electron chi connectivity index (χ1n) is 10.1. The number of benzene rings is 3. The third-order valence-corrected chi connectivity index (χ3v) is 5.05. The smallest absolute Gasteiger partial charge is 0.336 e. The zero-order valence-corrected chi connectivity index (χ0v) is 18.0. The van der Waals surface area contributed by atoms with Gasteiger partial charge in [-0.15, -0.1) is 0 Å². The summed E-state index contributed by atoms with van der Waals surface area (Å²) < 4.78 is 16.7. The summed E-state index contributed by atoms with van der Waals surface area (Å²) in [6, 6.07) is 20.0. The molecule has 5 nitrogen and oxygen atoms in total. The monoisotopic (exact) mass is 426 g/mol. The van der Waals surface area contributed by atoms with Crippen LogP contribution < -0.4 is 14.9 Å². The Labute approximate surface area is 185 Å². The molecule has 0 aliphatic carbocycles. The Morgan fingerprint density at radius 3 is 2.28 bits per heavy atom. The summed E-state index contributed by atoms with van der Waals surface area (Å²) in [5, 5.41) is 0.355. The Kier molecular flexibility index (Phi) is 5.90. The van der Waals surface area contributed by atoms with E-state index in [1.165, 1.54) is 6.08 Å². The third-order valence-electron chi connectivity index (χ3n) is 5.05. The van der Waals surface area contributed by atoms with E-state index in [2.05, 4.69) is 0 Å². The normalized spacial score (nSPS) is 11.1. The topological polar surface area (TPSA) is 65.7 Å². The number of hydrogen-bond donors (Lipinski definition) is 0. The van der Waals surface area contributed by atoms with Crippen molar-refractivity contribution in [1.29, 1.82) is 0 Å². The Morgan fingerprint density at radius 1 is 0.906 bits per heavy atom. The van der Waals surface area contributed by atoms with E-state index in [9.17, 15) is 9.59 Å². The highest BCUT2D eigenvalue weighted by Crippen LogP contribution is 2.31. The summed E-state index contributed by atoms with van der Waals surface area (Å²) in [7, 11) is 1.59. The maximum Gasteiger partial charge on any atom is 0.336 e. The maximum atomic E-state index is 13.2. The zero-order valence-electron chi connectivity index (χ0n) is 18.0. The van der Waals surface area contributed by atoms with Gasteiger partial charge >= 0.3 is 5.97 Å². The molecular formula is C27H22O5. The van der Waals surface area contributed by atoms with Crippen molar-refractivity contribution in [3.63, 3.8) is 0 Å². The molecule has 0 spiro atoms. The van der Waals surface area contributed by atoms with Crippen LogP contribution in [0, 0.1) is 13.8 Å². The van der Waals surface area contributed by atoms with Crippen LogP contribution in [0.15, 0.2) is 82.0 Å². The van der Waals surface area contributed by atoms with E-state index >= 15 is 0 Å². The lowest BCUT2D eigenvalue weighted by Crippen LogP contribution is -2.14. The minimum absolute atomic E-state index is 0.130. The van der Waals surface area contributed by atoms with Gasteiger partial charge in [-0.25, -0.2) is 4.79 Å². The predicted molar refractivity (Wildman–Crippen MR) is 125 cm³/mol. The molecule has 1 heterocycles. The fraction of sp³-hybridized carbons (Fsp3) is 0.111. The van der Waals surface area contributed by atoms with Crippen molar-refractivity contribution in [3.05, 3.63) is 99.7 Å². The maximum absolute atomic E-state index is 13.2. The molecule has 0 N–H and O–H groups in total. The molecule has 0 unspecified atom stereocenters. The fourth-order valence-corrected chi connectivity index (χ4v) is 3.28. The van der Waals surface area contributed by atoms with Crippen LogP contribution in [0.5, 0.6) is 11.5 Å². The highest BCUT2D eigenvalue weighted by molar-refractivity contribution is 5.91. The second-order valence-electron chi connectivity index (χ2n) is 7.48. The van der Waals surface area contributed by atoms with Crippen LogP contribution in [0.2, 0.25) is 0 Å². The minimum Gasteiger partial charge on any atom is -0.497 e. The molecule has 0 radical (unpaired) electrons. The lowest BCUT2D eigenvalue weighted by atomic mass is 10.1. The van der Waals surface area contributed by atoms with Crippen LogP contribution in [-0.2, 0) is 4.79 Å². The van der Waals surface area contributed by atoms with Crippen molar-refractivity contribution >= 4 is 23.0 Å². The number of hydrogen-bond acceptors (Lipinski definition) is 5. The summed E-state index contributed by atoms with van der Waals surface area (Å²) in [5.74, 6) is 0.137. The van der Waals surface area contributed by atoms with E-state index in [1.54, 1.807) is 37.5 Å². The molecule has 0 atom stereocenters. The quantitative estimate of drug-likeness (QED) is 0.302. The second kappa shape index (κ2) is 8.94. The molecule has 4 aromatic rings. The third kappa shape index (κ3) is 4.47. The number of carbonyl (C=O) groups excluding carboxylic acids is 1. The molecule has 32 heavy (non-hydrogen) atoms. The number of methoxy groups -OCH3 is 1. The highest BCUT2D eigenvalue weighted by Gasteiger charge is 2.20. The number of rotatable bonds is 5. The molecule has 5 heteroatoms. The van der Waals surface area contributed by atoms with Crippen molar-refractivity contribution in [3.8, 4) is 22.8 Å². The van der Waals surface area contributed by atoms with E-state index in [0.29, 0.717) is 16.5 Å². The van der Waals surface area contributed by atoms with Gasteiger partial charge in [0.25, 0.3) is 0 Å². The SMILES string of the molecule is COc1ccc(C=CC(=O)Oc2c(-c3ccc(C)cc3)oc3cc(C)ccc3c2=O)cc1. The Balaban J connectivity index is 1.73. The van der Waals surface area contributed by atoms with Gasteiger partial charge in [-0.05, 0) is 55.3 Å². The van der Waals surface area contributed by atoms with Gasteiger partial charge in [0.1, 0.15) is 11.3 Å². The van der Waals surface area contributed by atoms with Gasteiger partial charge < -0.3 is 13.9 Å². The van der Waals surface area contributed by atoms with Crippen molar-refractivity contribution in [2.24, 2.45) is 0 Å². The second-order valence-corrected chi connectivity index (χ2v) is 7.48. The lowest BCUT2D eigenvalue weighted by molar-refractivity contribution is -0.129. The summed E-state index contributed by atoms with van der Waals surface area (Å²) in [5.41, 5.74) is 3.52. The van der Waals surface area contributed by atoms with Gasteiger partial charge in [0, 0.05) is 11.6 Å². The van der Waals surface area contributed by atoms with E-state index in [1.807, 2.05) is 56.3 Å². The summed E-state index contributed by atoms with van der Waals surface area (Å²) in [6.07, 6.45) is 2.89. The van der Waals surface area contributed by atoms with Gasteiger partial charge in [0.05, 0.1) is 12.5 Å². The molecular weight excluding hydrogens is 404 g/mol. The molecule has 1 aromatic heterocycles. The first-order valence-corrected chi connectivity index (χ1v) is 10.1. The summed E-state index contributed by atoms with van der Waals surface area (Å²) in [4.78, 5) is 25.8. The van der Waals surface area contributed by atoms with Crippen LogP contribution in [-0.4, -0.2) is 13.1 Å². The molecule has 0 aliphatic rings. The first-order chi connectivity index (χ1) is 15.4. The van der Waals surface area contributed by atoms with Crippen LogP contribution in [0.3, 0.4) is 0 Å². The van der Waals surface area contributed by atoms with Gasteiger partial charge in [-0.2, -0.15) is 0 Å². The van der Waals surface area contributed by atoms with Gasteiger partial charge in [-0.1, -0.05) is 48.0 Å². The van der Waals surface area contributed by atoms with Crippen LogP contribution in [0.1, 0.15) is 16.7 Å². The van der Waals surface area contributed by atoms with Crippen LogP contribution in [0.25, 0.3) is 28.4 Å². The van der Waals surface area contributed by atoms with Crippen LogP contribution >= 0.6 is 0 Å². The Hall–Kier alpha value is -4.12. The number of fused-ring (bicyclic) bond motifs is 1. The van der Waals surface area contributed by atoms with Gasteiger partial charge in [0.15, 0.2) is 5.76 Å². The summed E-state index contributed by atoms with van der Waals surface area (Å²) in [6.45, 7) is 3.89. The largest absolute Gasteiger partial charge is 0.497 e. The average molecular weight is 426 g/mol. The predicted octanol–water partition coefficient (Wildman–Crippen LogP) is 5.70. The standard InChI is InChI=1S/C27H22O5/c1-17-4-10-20(11-5-17)26-27(25(29)22-14-6-18(2)16-23(22)31-26)32-24(28)15-9-19-7-12-21(30-3)13-8-19/h4-16H,1-3H3. The average Bonchev–Trinajstić information content (AvgIpc) is 2.80. The van der Waals surface area contributed by atoms with E-state index in [4.69, 9.17) is 13.9 Å². The molecule has 0 fully saturated rings. The zero-order chi connectivity index (χ0) is 22.7. The number of carbonyl (C=O) groups is 1. The Morgan fingerprint density at radius 2 is 1.59 bits per heavy atom. The number of aryl methyl sites for hydroxylation is 2. The molecule has 0 amide bonds. The molecule has 0 saturated carbocycles. The number of ether oxygens (including phenoxy) is 2. The Bertz CT molecular complexity index is 1360. The lowest BCUT2D eigenvalue weighted by Gasteiger charge is -2.10. The van der Waals surface area contributed by atoms with Crippen LogP contribution in [0.4, 0.5) is 0 Å². The fourth-order valence-electron chi connectivity index (χ4n) is 3.28. The van der Waals surface area contributed by atoms with E-state index < -0.39 is 11.4 Å². The first kappa shape index (κ1) is 21.1. The van der Waals surface area contributed by atoms with E-state index in [-0.39, 0.29) is 11.5 Å². The van der Waals surface area contributed by atoms with Crippen molar-refractivity contribution in [2.45, 2.75) is 13.8 Å². The van der Waals surface area contributed by atoms with E-state index in [0.717, 1.165) is 22.4 Å². The minimum atomic E-state index is -0.673. The molecule has 0 aliphatic heterocycles. The summed E-state index contributed by atoms with van der Waals surface area (Å²) >= 11 is 0. The van der Waals surface area contributed by atoms with Gasteiger partial charge in [0.2, 0.25) is 11.2 Å². The highest BCUT2D eigenvalue weighted by atomic mass is 16.5. The molecule has 0 bridgehead atoms. The molecule has 0 saturated heterocycles. The molecule has 160 valence electrons. The van der Waals surface area contributed by atoms with Crippen molar-refractivity contribution in [1.82, 2.24) is 0 Å². The molecule has 3 aromatic carbocycles. The number of esters is 1. The van der Waals surface area contributed by atoms with Gasteiger partial charge in [-0.3, -0.25) is 4.79 Å². The van der Waals surface area contributed by atoms with Crippen molar-refractivity contribution < 1.29 is 18.7 Å².